The second kappa shape index (κ2) is 7.82. The number of fused-ring (bicyclic) bond motifs is 5. The van der Waals surface area contributed by atoms with Gasteiger partial charge in [-0.1, -0.05) is 20.8 Å². The molecule has 0 bridgehead atoms. The summed E-state index contributed by atoms with van der Waals surface area (Å²) in [5.41, 5.74) is 0.577. The van der Waals surface area contributed by atoms with Crippen LogP contribution in [0.25, 0.3) is 0 Å². The van der Waals surface area contributed by atoms with E-state index in [9.17, 15) is 15.0 Å². The lowest BCUT2D eigenvalue weighted by molar-refractivity contribution is -0.174. The monoisotopic (exact) mass is 406 g/mol. The molecule has 4 fully saturated rings. The van der Waals surface area contributed by atoms with Crippen molar-refractivity contribution in [3.05, 3.63) is 0 Å². The first-order chi connectivity index (χ1) is 13.7. The van der Waals surface area contributed by atoms with Gasteiger partial charge in [0, 0.05) is 6.42 Å². The van der Waals surface area contributed by atoms with E-state index in [1.54, 1.807) is 0 Å². The van der Waals surface area contributed by atoms with Crippen molar-refractivity contribution >= 4 is 5.97 Å². The van der Waals surface area contributed by atoms with Crippen LogP contribution in [0.2, 0.25) is 0 Å². The predicted octanol–water partition coefficient (Wildman–Crippen LogP) is 4.57. The van der Waals surface area contributed by atoms with Crippen molar-refractivity contribution in [1.82, 2.24) is 0 Å². The second-order valence-corrected chi connectivity index (χ2v) is 11.5. The van der Waals surface area contributed by atoms with Crippen LogP contribution in [0.5, 0.6) is 0 Å². The average molecular weight is 407 g/mol. The SMILES string of the molecule is COC(=O)CC[C@@H](C)[C@H]1CC[C@@H]2[C@@H]3[C@@H](CC[C@@]21C)[C@@]1(C)CC[C@@H](O)C[C@H]1C[C@@H]3O. The Kier molecular flexibility index (Phi) is 5.83. The number of aliphatic hydroxyl groups is 2. The van der Waals surface area contributed by atoms with Crippen molar-refractivity contribution in [3.8, 4) is 0 Å². The summed E-state index contributed by atoms with van der Waals surface area (Å²) in [6, 6.07) is 0. The van der Waals surface area contributed by atoms with Gasteiger partial charge >= 0.3 is 5.97 Å². The van der Waals surface area contributed by atoms with Gasteiger partial charge in [0.05, 0.1) is 19.3 Å². The zero-order valence-electron chi connectivity index (χ0n) is 18.9. The third kappa shape index (κ3) is 3.46. The molecular formula is C25H42O4. The van der Waals surface area contributed by atoms with Gasteiger partial charge in [-0.05, 0) is 104 Å². The van der Waals surface area contributed by atoms with Gasteiger partial charge in [-0.2, -0.15) is 0 Å². The summed E-state index contributed by atoms with van der Waals surface area (Å²) in [5.74, 6) is 3.17. The summed E-state index contributed by atoms with van der Waals surface area (Å²) < 4.78 is 4.86. The normalized spacial score (nSPS) is 50.2. The fourth-order valence-corrected chi connectivity index (χ4v) is 8.82. The Hall–Kier alpha value is -0.610. The average Bonchev–Trinajstić information content (AvgIpc) is 3.04. The van der Waals surface area contributed by atoms with Gasteiger partial charge in [0.25, 0.3) is 0 Å². The standard InChI is InChI=1S/C25H42O4/c1-15(5-8-22(28)29-4)18-6-7-19-23-20(10-12-25(18,19)3)24(2)11-9-17(26)13-16(24)14-21(23)27/h15-21,23,26-27H,5-14H2,1-4H3/t15-,16+,17-,18-,19-,20-,21+,23-,24+,25-/m1/s1. The molecule has 29 heavy (non-hydrogen) atoms. The molecule has 0 aromatic rings. The summed E-state index contributed by atoms with van der Waals surface area (Å²) in [5, 5.41) is 21.5. The van der Waals surface area contributed by atoms with Gasteiger partial charge in [-0.15, -0.1) is 0 Å². The first-order valence-corrected chi connectivity index (χ1v) is 12.1. The Labute approximate surface area is 176 Å². The van der Waals surface area contributed by atoms with Gasteiger partial charge < -0.3 is 14.9 Å². The van der Waals surface area contributed by atoms with Crippen molar-refractivity contribution in [1.29, 1.82) is 0 Å². The van der Waals surface area contributed by atoms with Crippen molar-refractivity contribution in [2.75, 3.05) is 7.11 Å². The number of carbonyl (C=O) groups excluding carboxylic acids is 1. The summed E-state index contributed by atoms with van der Waals surface area (Å²) >= 11 is 0. The van der Waals surface area contributed by atoms with E-state index in [2.05, 4.69) is 20.8 Å². The molecule has 4 rings (SSSR count). The smallest absolute Gasteiger partial charge is 0.305 e. The van der Waals surface area contributed by atoms with Crippen LogP contribution < -0.4 is 0 Å². The zero-order chi connectivity index (χ0) is 21.0. The molecule has 0 amide bonds. The third-order valence-electron chi connectivity index (χ3n) is 10.4. The Morgan fingerprint density at radius 2 is 1.72 bits per heavy atom. The van der Waals surface area contributed by atoms with Crippen LogP contribution in [0, 0.1) is 46.3 Å². The van der Waals surface area contributed by atoms with E-state index in [4.69, 9.17) is 4.74 Å². The van der Waals surface area contributed by atoms with Crippen LogP contribution in [-0.4, -0.2) is 35.5 Å². The molecule has 4 heteroatoms. The number of esters is 1. The van der Waals surface area contributed by atoms with E-state index in [-0.39, 0.29) is 23.6 Å². The van der Waals surface area contributed by atoms with E-state index in [1.807, 2.05) is 0 Å². The van der Waals surface area contributed by atoms with Crippen LogP contribution in [0.3, 0.4) is 0 Å². The largest absolute Gasteiger partial charge is 0.469 e. The Bertz CT molecular complexity index is 620. The van der Waals surface area contributed by atoms with Crippen LogP contribution in [-0.2, 0) is 9.53 Å². The maximum absolute atomic E-state index is 11.6. The molecule has 4 aliphatic rings. The number of aliphatic hydroxyl groups excluding tert-OH is 2. The number of ether oxygens (including phenoxy) is 1. The zero-order valence-corrected chi connectivity index (χ0v) is 18.9. The number of rotatable bonds is 4. The molecule has 0 saturated heterocycles. The van der Waals surface area contributed by atoms with Crippen LogP contribution in [0.15, 0.2) is 0 Å². The topological polar surface area (TPSA) is 66.8 Å². The quantitative estimate of drug-likeness (QED) is 0.671. The highest BCUT2D eigenvalue weighted by molar-refractivity contribution is 5.69. The molecule has 4 nitrogen and oxygen atoms in total. The maximum atomic E-state index is 11.6. The predicted molar refractivity (Wildman–Crippen MR) is 113 cm³/mol. The van der Waals surface area contributed by atoms with Crippen LogP contribution in [0.1, 0.15) is 85.0 Å². The molecule has 2 N–H and O–H groups in total. The highest BCUT2D eigenvalue weighted by Gasteiger charge is 2.62. The van der Waals surface area contributed by atoms with E-state index in [0.29, 0.717) is 47.3 Å². The van der Waals surface area contributed by atoms with Crippen molar-refractivity contribution < 1.29 is 19.7 Å². The molecule has 0 radical (unpaired) electrons. The van der Waals surface area contributed by atoms with Crippen molar-refractivity contribution in [2.24, 2.45) is 46.3 Å². The first-order valence-electron chi connectivity index (χ1n) is 12.1. The summed E-state index contributed by atoms with van der Waals surface area (Å²) in [4.78, 5) is 11.6. The minimum atomic E-state index is -0.211. The summed E-state index contributed by atoms with van der Waals surface area (Å²) in [6.07, 6.45) is 9.80. The fourth-order valence-electron chi connectivity index (χ4n) is 8.82. The summed E-state index contributed by atoms with van der Waals surface area (Å²) in [7, 11) is 1.48. The van der Waals surface area contributed by atoms with Gasteiger partial charge in [0.15, 0.2) is 0 Å². The number of methoxy groups -OCH3 is 1. The highest BCUT2D eigenvalue weighted by Crippen LogP contribution is 2.68. The number of carbonyl (C=O) groups is 1. The van der Waals surface area contributed by atoms with E-state index < -0.39 is 0 Å². The lowest BCUT2D eigenvalue weighted by atomic mass is 9.43. The number of hydrogen-bond acceptors (Lipinski definition) is 4. The number of hydrogen-bond donors (Lipinski definition) is 2. The van der Waals surface area contributed by atoms with Gasteiger partial charge in [0.2, 0.25) is 0 Å². The molecule has 0 spiro atoms. The molecule has 0 aromatic carbocycles. The molecule has 4 aliphatic carbocycles. The second-order valence-electron chi connectivity index (χ2n) is 11.5. The van der Waals surface area contributed by atoms with Crippen molar-refractivity contribution in [3.63, 3.8) is 0 Å². The van der Waals surface area contributed by atoms with Gasteiger partial charge in [0.1, 0.15) is 0 Å². The Morgan fingerprint density at radius 3 is 2.45 bits per heavy atom. The highest BCUT2D eigenvalue weighted by atomic mass is 16.5. The van der Waals surface area contributed by atoms with E-state index in [1.165, 1.54) is 32.8 Å². The maximum Gasteiger partial charge on any atom is 0.305 e. The minimum Gasteiger partial charge on any atom is -0.469 e. The molecular weight excluding hydrogens is 364 g/mol. The fraction of sp³-hybridized carbons (Fsp3) is 0.960. The molecule has 0 aliphatic heterocycles. The summed E-state index contributed by atoms with van der Waals surface area (Å²) in [6.45, 7) is 7.29. The van der Waals surface area contributed by atoms with Gasteiger partial charge in [-0.3, -0.25) is 4.79 Å². The third-order valence-corrected chi connectivity index (χ3v) is 10.4. The lowest BCUT2D eigenvalue weighted by Gasteiger charge is -2.62. The van der Waals surface area contributed by atoms with E-state index >= 15 is 0 Å². The molecule has 0 unspecified atom stereocenters. The molecule has 0 heterocycles. The molecule has 0 aromatic heterocycles. The Balaban J connectivity index is 1.53. The van der Waals surface area contributed by atoms with Crippen LogP contribution in [0.4, 0.5) is 0 Å². The molecule has 166 valence electrons. The molecule has 10 atom stereocenters. The lowest BCUT2D eigenvalue weighted by Crippen LogP contribution is -2.58. The molecule has 4 saturated carbocycles. The van der Waals surface area contributed by atoms with Gasteiger partial charge in [-0.25, -0.2) is 0 Å². The van der Waals surface area contributed by atoms with E-state index in [0.717, 1.165) is 32.1 Å². The van der Waals surface area contributed by atoms with Crippen LogP contribution >= 0.6 is 0 Å². The first kappa shape index (κ1) is 21.6. The Morgan fingerprint density at radius 1 is 1.03 bits per heavy atom. The van der Waals surface area contributed by atoms with Crippen molar-refractivity contribution in [2.45, 2.75) is 97.2 Å². The minimum absolute atomic E-state index is 0.0959.